The molecule has 8 nitrogen and oxygen atoms in total. The van der Waals surface area contributed by atoms with Crippen molar-refractivity contribution in [2.45, 2.75) is 49.6 Å². The maximum atomic E-state index is 15.1. The summed E-state index contributed by atoms with van der Waals surface area (Å²) in [7, 11) is 0. The van der Waals surface area contributed by atoms with E-state index in [2.05, 4.69) is 20.0 Å². The molecule has 2 aliphatic heterocycles. The number of hydrogen-bond acceptors (Lipinski definition) is 7. The second-order valence-electron chi connectivity index (χ2n) is 9.79. The van der Waals surface area contributed by atoms with Gasteiger partial charge in [0.15, 0.2) is 23.4 Å². The van der Waals surface area contributed by atoms with Crippen LogP contribution in [0.3, 0.4) is 0 Å². The summed E-state index contributed by atoms with van der Waals surface area (Å²) >= 11 is 1.08. The second kappa shape index (κ2) is 10.6. The molecule has 0 bridgehead atoms. The van der Waals surface area contributed by atoms with Gasteiger partial charge in [0, 0.05) is 36.8 Å². The number of halogens is 5. The number of thioether (sulfide) groups is 1. The average Bonchev–Trinajstić information content (AvgIpc) is 3.38. The van der Waals surface area contributed by atoms with Crippen molar-refractivity contribution in [1.82, 2.24) is 9.88 Å². The van der Waals surface area contributed by atoms with Gasteiger partial charge in [-0.15, -0.1) is 0 Å². The van der Waals surface area contributed by atoms with Crippen molar-refractivity contribution in [2.75, 3.05) is 25.0 Å². The molecule has 210 valence electrons. The number of nitrogens with one attached hydrogen (secondary N) is 1. The molecule has 1 fully saturated rings. The monoisotopic (exact) mass is 571 g/mol. The molecule has 1 aromatic heterocycles. The van der Waals surface area contributed by atoms with Crippen LogP contribution in [0, 0.1) is 11.6 Å². The molecule has 1 saturated heterocycles. The lowest BCUT2D eigenvalue weighted by atomic mass is 9.82. The van der Waals surface area contributed by atoms with Crippen molar-refractivity contribution in [1.29, 1.82) is 0 Å². The van der Waals surface area contributed by atoms with Gasteiger partial charge in [-0.05, 0) is 44.9 Å². The number of nitrogens with zero attached hydrogens (tertiary/aromatic N) is 3. The quantitative estimate of drug-likeness (QED) is 0.491. The minimum atomic E-state index is -4.54. The van der Waals surface area contributed by atoms with Crippen LogP contribution in [0.15, 0.2) is 35.5 Å². The molecule has 14 heteroatoms. The van der Waals surface area contributed by atoms with Gasteiger partial charge < -0.3 is 20.7 Å². The summed E-state index contributed by atoms with van der Waals surface area (Å²) in [6, 6.07) is 4.24. The molecule has 2 amide bonds. The van der Waals surface area contributed by atoms with Gasteiger partial charge in [-0.25, -0.2) is 13.8 Å². The number of carbonyl (C=O) groups excluding carboxylic acids is 2. The number of likely N-dealkylation sites (tertiary alicyclic amines) is 1. The van der Waals surface area contributed by atoms with E-state index in [0.717, 1.165) is 49.0 Å². The molecule has 1 aromatic carbocycles. The van der Waals surface area contributed by atoms with E-state index in [-0.39, 0.29) is 40.2 Å². The Labute approximate surface area is 225 Å². The molecule has 2 aliphatic rings. The van der Waals surface area contributed by atoms with Gasteiger partial charge in [0.25, 0.3) is 5.91 Å². The fraction of sp³-hybridized carbons (Fsp3) is 0.440. The third-order valence-electron chi connectivity index (χ3n) is 6.45. The molecule has 0 radical (unpaired) electrons. The summed E-state index contributed by atoms with van der Waals surface area (Å²) in [6.07, 6.45) is -1.81. The standard InChI is InChI=1S/C25H26F5N5O3S/c1-23(12-24(2,39-22(31)34-23)21(37)35-7-3-4-8-35)16-9-14(10-17(26)19(16)27)33-20(36)18-6-5-15(11-32-18)38-13-25(28,29)30/h5-6,9-11H,3-4,7-8,12-13H2,1-2H3,(H2,31,34)(H,33,36)/t23-,24+/m0/s1. The number of aromatic nitrogens is 1. The molecule has 39 heavy (non-hydrogen) atoms. The fourth-order valence-electron chi connectivity index (χ4n) is 4.77. The highest BCUT2D eigenvalue weighted by Gasteiger charge is 2.49. The zero-order valence-corrected chi connectivity index (χ0v) is 21.9. The molecule has 0 spiro atoms. The van der Waals surface area contributed by atoms with E-state index in [9.17, 15) is 27.2 Å². The number of benzene rings is 1. The maximum Gasteiger partial charge on any atom is 0.422 e. The van der Waals surface area contributed by atoms with E-state index in [1.807, 2.05) is 0 Å². The molecule has 0 aliphatic carbocycles. The first-order chi connectivity index (χ1) is 18.2. The highest BCUT2D eigenvalue weighted by molar-refractivity contribution is 8.15. The van der Waals surface area contributed by atoms with Crippen LogP contribution in [0.4, 0.5) is 27.6 Å². The lowest BCUT2D eigenvalue weighted by molar-refractivity contribution is -0.153. The molecule has 3 N–H and O–H groups in total. The van der Waals surface area contributed by atoms with Gasteiger partial charge >= 0.3 is 6.18 Å². The Bertz CT molecular complexity index is 1300. The van der Waals surface area contributed by atoms with Crippen LogP contribution in [-0.2, 0) is 10.3 Å². The van der Waals surface area contributed by atoms with E-state index in [1.54, 1.807) is 18.7 Å². The predicted molar refractivity (Wildman–Crippen MR) is 135 cm³/mol. The smallest absolute Gasteiger partial charge is 0.422 e. The molecule has 3 heterocycles. The first-order valence-corrected chi connectivity index (χ1v) is 12.8. The highest BCUT2D eigenvalue weighted by atomic mass is 32.2. The third kappa shape index (κ3) is 6.43. The van der Waals surface area contributed by atoms with Gasteiger partial charge in [0.1, 0.15) is 16.2 Å². The number of amides is 2. The summed E-state index contributed by atoms with van der Waals surface area (Å²) in [4.78, 5) is 35.9. The van der Waals surface area contributed by atoms with E-state index in [0.29, 0.717) is 13.1 Å². The summed E-state index contributed by atoms with van der Waals surface area (Å²) in [5.41, 5.74) is 4.12. The summed E-state index contributed by atoms with van der Waals surface area (Å²) in [5, 5.41) is 2.46. The van der Waals surface area contributed by atoms with Crippen LogP contribution in [-0.4, -0.2) is 57.5 Å². The normalized spacial score (nSPS) is 23.4. The van der Waals surface area contributed by atoms with Crippen LogP contribution in [0.1, 0.15) is 49.2 Å². The van der Waals surface area contributed by atoms with E-state index in [1.165, 1.54) is 6.07 Å². The molecular weight excluding hydrogens is 545 g/mol. The van der Waals surface area contributed by atoms with Crippen molar-refractivity contribution < 1.29 is 36.3 Å². The molecule has 4 rings (SSSR count). The molecule has 0 unspecified atom stereocenters. The largest absolute Gasteiger partial charge is 0.483 e. The Morgan fingerprint density at radius 2 is 1.87 bits per heavy atom. The first kappa shape index (κ1) is 28.6. The molecule has 2 atom stereocenters. The molecular formula is C25H26F5N5O3S. The van der Waals surface area contributed by atoms with Crippen molar-refractivity contribution in [3.63, 3.8) is 0 Å². The van der Waals surface area contributed by atoms with Crippen LogP contribution in [0.2, 0.25) is 0 Å². The van der Waals surface area contributed by atoms with Crippen LogP contribution < -0.4 is 15.8 Å². The van der Waals surface area contributed by atoms with Gasteiger partial charge in [0.05, 0.1) is 11.7 Å². The van der Waals surface area contributed by atoms with Crippen LogP contribution in [0.5, 0.6) is 5.75 Å². The van der Waals surface area contributed by atoms with Crippen LogP contribution >= 0.6 is 11.8 Å². The number of rotatable bonds is 6. The molecule has 0 saturated carbocycles. The fourth-order valence-corrected chi connectivity index (χ4v) is 6.05. The third-order valence-corrected chi connectivity index (χ3v) is 7.52. The Morgan fingerprint density at radius 3 is 2.49 bits per heavy atom. The van der Waals surface area contributed by atoms with Crippen molar-refractivity contribution >= 4 is 34.4 Å². The van der Waals surface area contributed by atoms with Crippen molar-refractivity contribution in [3.05, 3.63) is 53.4 Å². The Morgan fingerprint density at radius 1 is 1.18 bits per heavy atom. The number of amidine groups is 1. The number of anilines is 1. The summed E-state index contributed by atoms with van der Waals surface area (Å²) in [5.74, 6) is -3.64. The number of pyridine rings is 1. The number of hydrogen-bond donors (Lipinski definition) is 2. The highest BCUT2D eigenvalue weighted by Crippen LogP contribution is 2.47. The maximum absolute atomic E-state index is 15.1. The van der Waals surface area contributed by atoms with Gasteiger partial charge in [-0.3, -0.25) is 14.6 Å². The van der Waals surface area contributed by atoms with E-state index in [4.69, 9.17) is 5.73 Å². The SMILES string of the molecule is C[C@]1(C(=O)N2CCCC2)C[C@@](C)(c2cc(NC(=O)c3ccc(OCC(F)(F)F)cn3)cc(F)c2F)N=C(N)S1. The summed E-state index contributed by atoms with van der Waals surface area (Å²) in [6.45, 7) is 2.93. The minimum Gasteiger partial charge on any atom is -0.483 e. The lowest BCUT2D eigenvalue weighted by Gasteiger charge is -2.41. The van der Waals surface area contributed by atoms with Gasteiger partial charge in [0.2, 0.25) is 5.91 Å². The Hall–Kier alpha value is -3.42. The summed E-state index contributed by atoms with van der Waals surface area (Å²) < 4.78 is 70.3. The minimum absolute atomic E-state index is 0.0232. The number of alkyl halides is 3. The number of aliphatic imine (C=N–C) groups is 1. The Kier molecular flexibility index (Phi) is 7.79. The van der Waals surface area contributed by atoms with E-state index >= 15 is 4.39 Å². The van der Waals surface area contributed by atoms with Crippen molar-refractivity contribution in [3.8, 4) is 5.75 Å². The first-order valence-electron chi connectivity index (χ1n) is 12.0. The zero-order chi connectivity index (χ0) is 28.6. The number of ether oxygens (including phenoxy) is 1. The van der Waals surface area contributed by atoms with E-state index < -0.39 is 40.6 Å². The second-order valence-corrected chi connectivity index (χ2v) is 11.3. The average molecular weight is 572 g/mol. The Balaban J connectivity index is 1.57. The van der Waals surface area contributed by atoms with Gasteiger partial charge in [-0.2, -0.15) is 13.2 Å². The number of nitrogens with two attached hydrogens (primary N) is 1. The number of carbonyl (C=O) groups is 2. The lowest BCUT2D eigenvalue weighted by Crippen LogP contribution is -2.51. The van der Waals surface area contributed by atoms with Crippen LogP contribution in [0.25, 0.3) is 0 Å². The topological polar surface area (TPSA) is 110 Å². The molecule has 2 aromatic rings. The van der Waals surface area contributed by atoms with Gasteiger partial charge in [-0.1, -0.05) is 11.8 Å². The zero-order valence-electron chi connectivity index (χ0n) is 21.1. The van der Waals surface area contributed by atoms with Crippen molar-refractivity contribution in [2.24, 2.45) is 10.7 Å². The predicted octanol–water partition coefficient (Wildman–Crippen LogP) is 4.60.